The molecule has 1 N–H and O–H groups in total. The second-order valence-corrected chi connectivity index (χ2v) is 12.7. The molecule has 7 nitrogen and oxygen atoms in total. The van der Waals surface area contributed by atoms with Crippen LogP contribution in [0.3, 0.4) is 0 Å². The van der Waals surface area contributed by atoms with Crippen LogP contribution in [0.5, 0.6) is 0 Å². The van der Waals surface area contributed by atoms with Crippen LogP contribution in [0.15, 0.2) is 72.8 Å². The Kier molecular flexibility index (Phi) is 11.6. The molecule has 0 spiro atoms. The summed E-state index contributed by atoms with van der Waals surface area (Å²) in [5, 5.41) is 3.68. The van der Waals surface area contributed by atoms with Gasteiger partial charge in [0.1, 0.15) is 12.6 Å². The quantitative estimate of drug-likeness (QED) is 0.260. The SMILES string of the molecule is CCc1ccccc1N(CC(=O)N(Cc1c(Cl)cccc1Cl)[C@H](Cc1ccccc1)C(=O)N[C@@H](C)CC)S(C)(=O)=O. The molecule has 0 saturated heterocycles. The zero-order valence-electron chi connectivity index (χ0n) is 23.8. The van der Waals surface area contributed by atoms with Crippen LogP contribution in [0, 0.1) is 0 Å². The molecule has 0 aromatic heterocycles. The van der Waals surface area contributed by atoms with Gasteiger partial charge in [-0.2, -0.15) is 0 Å². The molecule has 0 bridgehead atoms. The Balaban J connectivity index is 2.13. The van der Waals surface area contributed by atoms with Crippen LogP contribution >= 0.6 is 23.2 Å². The Labute approximate surface area is 253 Å². The van der Waals surface area contributed by atoms with Crippen molar-refractivity contribution in [3.8, 4) is 0 Å². The number of nitrogens with zero attached hydrogens (tertiary/aromatic N) is 2. The van der Waals surface area contributed by atoms with E-state index in [-0.39, 0.29) is 24.9 Å². The van der Waals surface area contributed by atoms with Crippen molar-refractivity contribution in [2.24, 2.45) is 0 Å². The first kappa shape index (κ1) is 32.4. The van der Waals surface area contributed by atoms with Crippen LogP contribution < -0.4 is 9.62 Å². The average molecular weight is 619 g/mol. The first-order valence-corrected chi connectivity index (χ1v) is 16.2. The molecule has 2 atom stereocenters. The maximum absolute atomic E-state index is 14.2. The van der Waals surface area contributed by atoms with Gasteiger partial charge in [0.05, 0.1) is 11.9 Å². The minimum atomic E-state index is -3.86. The lowest BCUT2D eigenvalue weighted by Gasteiger charge is -2.34. The van der Waals surface area contributed by atoms with E-state index >= 15 is 0 Å². The van der Waals surface area contributed by atoms with Crippen LogP contribution in [-0.4, -0.2) is 50.0 Å². The summed E-state index contributed by atoms with van der Waals surface area (Å²) in [6.45, 7) is 5.18. The molecular formula is C31H37Cl2N3O4S. The van der Waals surface area contributed by atoms with Gasteiger partial charge < -0.3 is 10.2 Å². The first-order valence-electron chi connectivity index (χ1n) is 13.6. The number of nitrogens with one attached hydrogen (secondary N) is 1. The third kappa shape index (κ3) is 8.71. The molecule has 0 aliphatic carbocycles. The summed E-state index contributed by atoms with van der Waals surface area (Å²) in [4.78, 5) is 29.4. The topological polar surface area (TPSA) is 86.8 Å². The number of rotatable bonds is 13. The number of anilines is 1. The van der Waals surface area contributed by atoms with Crippen LogP contribution in [0.1, 0.15) is 43.9 Å². The van der Waals surface area contributed by atoms with Gasteiger partial charge in [0, 0.05) is 34.6 Å². The molecule has 3 rings (SSSR count). The van der Waals surface area contributed by atoms with Gasteiger partial charge in [-0.3, -0.25) is 13.9 Å². The highest BCUT2D eigenvalue weighted by Crippen LogP contribution is 2.29. The number of para-hydroxylation sites is 1. The number of hydrogen-bond donors (Lipinski definition) is 1. The van der Waals surface area contributed by atoms with Gasteiger partial charge >= 0.3 is 0 Å². The molecule has 0 radical (unpaired) electrons. The van der Waals surface area contributed by atoms with E-state index in [1.165, 1.54) is 4.90 Å². The average Bonchev–Trinajstić information content (AvgIpc) is 2.94. The van der Waals surface area contributed by atoms with Gasteiger partial charge in [0.25, 0.3) is 0 Å². The highest BCUT2D eigenvalue weighted by Gasteiger charge is 2.34. The normalized spacial score (nSPS) is 12.8. The minimum absolute atomic E-state index is 0.0875. The van der Waals surface area contributed by atoms with Gasteiger partial charge in [-0.15, -0.1) is 0 Å². The van der Waals surface area contributed by atoms with Gasteiger partial charge in [-0.25, -0.2) is 8.42 Å². The van der Waals surface area contributed by atoms with Crippen molar-refractivity contribution in [2.45, 2.75) is 58.7 Å². The van der Waals surface area contributed by atoms with E-state index < -0.39 is 28.5 Å². The lowest BCUT2D eigenvalue weighted by atomic mass is 10.0. The van der Waals surface area contributed by atoms with Gasteiger partial charge in [-0.1, -0.05) is 91.6 Å². The molecule has 0 fully saturated rings. The number of carbonyl (C=O) groups is 2. The lowest BCUT2D eigenvalue weighted by Crippen LogP contribution is -2.54. The van der Waals surface area contributed by atoms with Gasteiger partial charge in [0.15, 0.2) is 0 Å². The number of hydrogen-bond acceptors (Lipinski definition) is 4. The fourth-order valence-electron chi connectivity index (χ4n) is 4.50. The van der Waals surface area contributed by atoms with E-state index in [1.807, 2.05) is 63.2 Å². The maximum atomic E-state index is 14.2. The second-order valence-electron chi connectivity index (χ2n) is 10.00. The Morgan fingerprint density at radius 1 is 0.902 bits per heavy atom. The smallest absolute Gasteiger partial charge is 0.244 e. The molecule has 10 heteroatoms. The minimum Gasteiger partial charge on any atom is -0.352 e. The van der Waals surface area contributed by atoms with Crippen LogP contribution in [0.4, 0.5) is 5.69 Å². The van der Waals surface area contributed by atoms with Crippen LogP contribution in [0.2, 0.25) is 10.0 Å². The summed E-state index contributed by atoms with van der Waals surface area (Å²) in [5.74, 6) is -0.905. The maximum Gasteiger partial charge on any atom is 0.244 e. The number of benzene rings is 3. The number of carbonyl (C=O) groups excluding carboxylic acids is 2. The first-order chi connectivity index (χ1) is 19.5. The van der Waals surface area contributed by atoms with Gasteiger partial charge in [-0.05, 0) is 49.1 Å². The lowest BCUT2D eigenvalue weighted by molar-refractivity contribution is -0.140. The summed E-state index contributed by atoms with van der Waals surface area (Å²) < 4.78 is 27.2. The third-order valence-corrected chi connectivity index (χ3v) is 8.82. The summed E-state index contributed by atoms with van der Waals surface area (Å²) in [6, 6.07) is 20.4. The predicted octanol–water partition coefficient (Wildman–Crippen LogP) is 5.88. The summed E-state index contributed by atoms with van der Waals surface area (Å²) >= 11 is 13.0. The summed E-state index contributed by atoms with van der Waals surface area (Å²) in [7, 11) is -3.86. The number of amides is 2. The molecule has 2 amide bonds. The Bertz CT molecular complexity index is 1430. The summed E-state index contributed by atoms with van der Waals surface area (Å²) in [6.07, 6.45) is 2.55. The zero-order chi connectivity index (χ0) is 30.2. The number of sulfonamides is 1. The van der Waals surface area contributed by atoms with Crippen molar-refractivity contribution in [2.75, 3.05) is 17.1 Å². The van der Waals surface area contributed by atoms with E-state index in [4.69, 9.17) is 23.2 Å². The zero-order valence-corrected chi connectivity index (χ0v) is 26.1. The van der Waals surface area contributed by atoms with Gasteiger partial charge in [0.2, 0.25) is 21.8 Å². The second kappa shape index (κ2) is 14.7. The summed E-state index contributed by atoms with van der Waals surface area (Å²) in [5.41, 5.74) is 2.52. The van der Waals surface area contributed by atoms with E-state index in [0.29, 0.717) is 34.1 Å². The molecule has 3 aromatic rings. The van der Waals surface area contributed by atoms with Crippen molar-refractivity contribution in [1.82, 2.24) is 10.2 Å². The molecule has 0 saturated carbocycles. The van der Waals surface area contributed by atoms with Crippen molar-refractivity contribution in [1.29, 1.82) is 0 Å². The third-order valence-electron chi connectivity index (χ3n) is 6.98. The fraction of sp³-hybridized carbons (Fsp3) is 0.355. The predicted molar refractivity (Wildman–Crippen MR) is 167 cm³/mol. The van der Waals surface area contributed by atoms with Crippen LogP contribution in [0.25, 0.3) is 0 Å². The molecule has 0 heterocycles. The van der Waals surface area contributed by atoms with Crippen molar-refractivity contribution >= 4 is 50.7 Å². The van der Waals surface area contributed by atoms with E-state index in [1.54, 1.807) is 30.3 Å². The van der Waals surface area contributed by atoms with E-state index in [2.05, 4.69) is 5.32 Å². The van der Waals surface area contributed by atoms with Crippen molar-refractivity contribution in [3.63, 3.8) is 0 Å². The largest absolute Gasteiger partial charge is 0.352 e. The molecule has 0 aliphatic heterocycles. The van der Waals surface area contributed by atoms with Crippen molar-refractivity contribution < 1.29 is 18.0 Å². The molecular weight excluding hydrogens is 581 g/mol. The molecule has 220 valence electrons. The van der Waals surface area contributed by atoms with Crippen LogP contribution in [-0.2, 0) is 39.0 Å². The molecule has 3 aromatic carbocycles. The highest BCUT2D eigenvalue weighted by atomic mass is 35.5. The van der Waals surface area contributed by atoms with E-state index in [0.717, 1.165) is 21.7 Å². The number of halogens is 2. The number of aryl methyl sites for hydroxylation is 1. The molecule has 0 aliphatic rings. The molecule has 0 unspecified atom stereocenters. The Morgan fingerprint density at radius 3 is 2.10 bits per heavy atom. The standard InChI is InChI=1S/C31H37Cl2N3O4S/c1-5-22(3)34-31(38)29(19-23-13-8-7-9-14-23)35(20-25-26(32)16-12-17-27(25)33)30(37)21-36(41(4,39)40)28-18-11-10-15-24(28)6-2/h7-18,22,29H,5-6,19-21H2,1-4H3,(H,34,38)/t22-,29+/m0/s1. The Morgan fingerprint density at radius 2 is 1.51 bits per heavy atom. The van der Waals surface area contributed by atoms with E-state index in [9.17, 15) is 18.0 Å². The monoisotopic (exact) mass is 617 g/mol. The highest BCUT2D eigenvalue weighted by molar-refractivity contribution is 7.92. The molecule has 41 heavy (non-hydrogen) atoms. The Hall–Kier alpha value is -3.07. The van der Waals surface area contributed by atoms with Crippen molar-refractivity contribution in [3.05, 3.63) is 99.5 Å². The fourth-order valence-corrected chi connectivity index (χ4v) is 5.89.